The van der Waals surface area contributed by atoms with Crippen molar-refractivity contribution in [1.82, 2.24) is 4.98 Å². The van der Waals surface area contributed by atoms with Gasteiger partial charge in [-0.15, -0.1) is 0 Å². The highest BCUT2D eigenvalue weighted by Gasteiger charge is 2.19. The molecular formula is C15H12F2N2O. The van der Waals surface area contributed by atoms with Crippen LogP contribution in [0, 0.1) is 11.6 Å². The number of halogens is 2. The van der Waals surface area contributed by atoms with Gasteiger partial charge in [-0.2, -0.15) is 0 Å². The van der Waals surface area contributed by atoms with Gasteiger partial charge in [0.25, 0.3) is 0 Å². The number of hydrogen-bond acceptors (Lipinski definition) is 3. The predicted octanol–water partition coefficient (Wildman–Crippen LogP) is 3.35. The van der Waals surface area contributed by atoms with E-state index in [2.05, 4.69) is 4.98 Å². The fourth-order valence-corrected chi connectivity index (χ4v) is 2.16. The molecule has 0 saturated heterocycles. The predicted molar refractivity (Wildman–Crippen MR) is 71.0 cm³/mol. The Kier molecular flexibility index (Phi) is 3.20. The van der Waals surface area contributed by atoms with Gasteiger partial charge in [-0.05, 0) is 24.3 Å². The van der Waals surface area contributed by atoms with Gasteiger partial charge in [-0.1, -0.05) is 18.2 Å². The zero-order valence-corrected chi connectivity index (χ0v) is 10.5. The van der Waals surface area contributed by atoms with Gasteiger partial charge in [0.05, 0.1) is 0 Å². The maximum absolute atomic E-state index is 13.6. The monoisotopic (exact) mass is 274 g/mol. The first-order valence-electron chi connectivity index (χ1n) is 6.19. The molecule has 20 heavy (non-hydrogen) atoms. The third-order valence-corrected chi connectivity index (χ3v) is 3.10. The van der Waals surface area contributed by atoms with Gasteiger partial charge >= 0.3 is 0 Å². The number of nitrogens with two attached hydrogens (primary N) is 1. The summed E-state index contributed by atoms with van der Waals surface area (Å²) in [5.41, 5.74) is 7.05. The highest BCUT2D eigenvalue weighted by molar-refractivity contribution is 5.72. The van der Waals surface area contributed by atoms with Crippen LogP contribution in [0.25, 0.3) is 11.1 Å². The first kappa shape index (κ1) is 12.7. The van der Waals surface area contributed by atoms with Crippen molar-refractivity contribution in [3.63, 3.8) is 0 Å². The Morgan fingerprint density at radius 2 is 1.75 bits per heavy atom. The van der Waals surface area contributed by atoms with Gasteiger partial charge in [0.2, 0.25) is 0 Å². The smallest absolute Gasteiger partial charge is 0.197 e. The van der Waals surface area contributed by atoms with Crippen LogP contribution in [0.4, 0.5) is 8.78 Å². The Bertz CT molecular complexity index is 701. The average molecular weight is 274 g/mol. The van der Waals surface area contributed by atoms with Crippen molar-refractivity contribution in [2.45, 2.75) is 12.5 Å². The molecule has 2 aromatic carbocycles. The van der Waals surface area contributed by atoms with Crippen molar-refractivity contribution in [3.05, 3.63) is 65.6 Å². The number of benzene rings is 2. The molecule has 1 heterocycles. The molecule has 0 radical (unpaired) electrons. The van der Waals surface area contributed by atoms with Gasteiger partial charge in [0.15, 0.2) is 11.5 Å². The zero-order chi connectivity index (χ0) is 14.1. The summed E-state index contributed by atoms with van der Waals surface area (Å²) in [6, 6.07) is 10.1. The van der Waals surface area contributed by atoms with Crippen LogP contribution in [0.1, 0.15) is 17.5 Å². The first-order chi connectivity index (χ1) is 9.65. The molecule has 0 spiro atoms. The summed E-state index contributed by atoms with van der Waals surface area (Å²) in [7, 11) is 0. The summed E-state index contributed by atoms with van der Waals surface area (Å²) in [4.78, 5) is 4.25. The van der Waals surface area contributed by atoms with E-state index < -0.39 is 17.7 Å². The average Bonchev–Trinajstić information content (AvgIpc) is 2.80. The molecule has 1 atom stereocenters. The number of para-hydroxylation sites is 2. The van der Waals surface area contributed by atoms with E-state index in [9.17, 15) is 8.78 Å². The Morgan fingerprint density at radius 3 is 2.45 bits per heavy atom. The minimum atomic E-state index is -0.843. The molecule has 0 aliphatic carbocycles. The summed E-state index contributed by atoms with van der Waals surface area (Å²) >= 11 is 0. The molecule has 2 N–H and O–H groups in total. The minimum Gasteiger partial charge on any atom is -0.441 e. The van der Waals surface area contributed by atoms with Gasteiger partial charge in [0.1, 0.15) is 17.2 Å². The van der Waals surface area contributed by atoms with Crippen molar-refractivity contribution in [2.24, 2.45) is 5.73 Å². The topological polar surface area (TPSA) is 52.0 Å². The van der Waals surface area contributed by atoms with E-state index in [1.807, 2.05) is 12.1 Å². The number of oxazole rings is 1. The fourth-order valence-electron chi connectivity index (χ4n) is 2.16. The summed E-state index contributed by atoms with van der Waals surface area (Å²) in [6.07, 6.45) is 0.131. The molecular weight excluding hydrogens is 262 g/mol. The highest BCUT2D eigenvalue weighted by Crippen LogP contribution is 2.23. The third kappa shape index (κ3) is 2.28. The van der Waals surface area contributed by atoms with E-state index >= 15 is 0 Å². The van der Waals surface area contributed by atoms with Crippen molar-refractivity contribution in [3.8, 4) is 0 Å². The quantitative estimate of drug-likeness (QED) is 0.796. The molecule has 0 bridgehead atoms. The standard InChI is InChI=1S/C15H12F2N2O/c16-9-4-3-5-10(17)15(9)11(18)8-14-19-12-6-1-2-7-13(12)20-14/h1-7,11H,8,18H2. The molecule has 3 rings (SSSR count). The maximum Gasteiger partial charge on any atom is 0.197 e. The van der Waals surface area contributed by atoms with Crippen LogP contribution in [-0.4, -0.2) is 4.98 Å². The Labute approximate surface area is 114 Å². The molecule has 0 aliphatic rings. The van der Waals surface area contributed by atoms with E-state index in [-0.39, 0.29) is 12.0 Å². The van der Waals surface area contributed by atoms with Crippen LogP contribution in [0.3, 0.4) is 0 Å². The van der Waals surface area contributed by atoms with Crippen LogP contribution in [0.2, 0.25) is 0 Å². The van der Waals surface area contributed by atoms with E-state index in [4.69, 9.17) is 10.2 Å². The van der Waals surface area contributed by atoms with Crippen molar-refractivity contribution in [1.29, 1.82) is 0 Å². The highest BCUT2D eigenvalue weighted by atomic mass is 19.1. The van der Waals surface area contributed by atoms with Crippen LogP contribution in [0.15, 0.2) is 46.9 Å². The van der Waals surface area contributed by atoms with Crippen LogP contribution >= 0.6 is 0 Å². The molecule has 3 nitrogen and oxygen atoms in total. The minimum absolute atomic E-state index is 0.131. The lowest BCUT2D eigenvalue weighted by molar-refractivity contribution is 0.475. The SMILES string of the molecule is NC(Cc1nc2ccccc2o1)c1c(F)cccc1F. The van der Waals surface area contributed by atoms with Crippen LogP contribution in [0.5, 0.6) is 0 Å². The number of aromatic nitrogens is 1. The Hall–Kier alpha value is -2.27. The van der Waals surface area contributed by atoms with Gasteiger partial charge < -0.3 is 10.2 Å². The Balaban J connectivity index is 1.90. The molecule has 0 amide bonds. The third-order valence-electron chi connectivity index (χ3n) is 3.10. The summed E-state index contributed by atoms with van der Waals surface area (Å²) in [5, 5.41) is 0. The lowest BCUT2D eigenvalue weighted by atomic mass is 10.0. The second-order valence-corrected chi connectivity index (χ2v) is 4.52. The summed E-state index contributed by atoms with van der Waals surface area (Å²) < 4.78 is 32.8. The molecule has 0 aliphatic heterocycles. The van der Waals surface area contributed by atoms with E-state index in [0.29, 0.717) is 17.0 Å². The van der Waals surface area contributed by atoms with Crippen LogP contribution < -0.4 is 5.73 Å². The number of fused-ring (bicyclic) bond motifs is 1. The molecule has 3 aromatic rings. The van der Waals surface area contributed by atoms with Gasteiger partial charge in [0, 0.05) is 18.0 Å². The van der Waals surface area contributed by atoms with E-state index in [0.717, 1.165) is 0 Å². The normalized spacial score (nSPS) is 12.8. The lowest BCUT2D eigenvalue weighted by Crippen LogP contribution is -2.17. The number of rotatable bonds is 3. The van der Waals surface area contributed by atoms with Gasteiger partial charge in [-0.25, -0.2) is 13.8 Å². The van der Waals surface area contributed by atoms with Gasteiger partial charge in [-0.3, -0.25) is 0 Å². The van der Waals surface area contributed by atoms with E-state index in [1.165, 1.54) is 18.2 Å². The number of hydrogen-bond donors (Lipinski definition) is 1. The fraction of sp³-hybridized carbons (Fsp3) is 0.133. The van der Waals surface area contributed by atoms with Crippen LogP contribution in [-0.2, 0) is 6.42 Å². The summed E-state index contributed by atoms with van der Waals surface area (Å²) in [5.74, 6) is -0.955. The molecule has 0 saturated carbocycles. The number of nitrogens with zero attached hydrogens (tertiary/aromatic N) is 1. The zero-order valence-electron chi connectivity index (χ0n) is 10.5. The van der Waals surface area contributed by atoms with E-state index in [1.54, 1.807) is 12.1 Å². The Morgan fingerprint density at radius 1 is 1.05 bits per heavy atom. The van der Waals surface area contributed by atoms with Crippen molar-refractivity contribution < 1.29 is 13.2 Å². The second-order valence-electron chi connectivity index (χ2n) is 4.52. The van der Waals surface area contributed by atoms with Crippen molar-refractivity contribution >= 4 is 11.1 Å². The molecule has 1 aromatic heterocycles. The second kappa shape index (κ2) is 5.02. The molecule has 5 heteroatoms. The lowest BCUT2D eigenvalue weighted by Gasteiger charge is -2.11. The summed E-state index contributed by atoms with van der Waals surface area (Å²) in [6.45, 7) is 0. The first-order valence-corrected chi connectivity index (χ1v) is 6.19. The van der Waals surface area contributed by atoms with Crippen molar-refractivity contribution in [2.75, 3.05) is 0 Å². The largest absolute Gasteiger partial charge is 0.441 e. The molecule has 102 valence electrons. The maximum atomic E-state index is 13.6. The molecule has 0 fully saturated rings. The molecule has 1 unspecified atom stereocenters.